The molecule has 1 aliphatic heterocycles. The van der Waals surface area contributed by atoms with Crippen LogP contribution in [0, 0.1) is 5.92 Å². The number of hydrogen-bond donors (Lipinski definition) is 1. The average molecular weight is 352 g/mol. The van der Waals surface area contributed by atoms with Gasteiger partial charge in [0.25, 0.3) is 0 Å². The van der Waals surface area contributed by atoms with Gasteiger partial charge in [0.05, 0.1) is 10.2 Å². The van der Waals surface area contributed by atoms with Crippen LogP contribution in [0.5, 0.6) is 5.75 Å². The molecule has 1 aromatic carbocycles. The molecule has 0 saturated carbocycles. The fraction of sp³-hybridized carbons (Fsp3) is 0.364. The zero-order valence-electron chi connectivity index (χ0n) is 9.71. The van der Waals surface area contributed by atoms with Crippen molar-refractivity contribution in [2.24, 2.45) is 5.92 Å². The number of carbonyl (C=O) groups excluding carboxylic acids is 1. The van der Waals surface area contributed by atoms with Crippen LogP contribution in [0.2, 0.25) is 0 Å². The first-order valence-electron chi connectivity index (χ1n) is 5.47. The zero-order valence-corrected chi connectivity index (χ0v) is 12.1. The number of nitrogens with zero attached hydrogens (tertiary/aromatic N) is 1. The first kappa shape index (κ1) is 14.3. The third kappa shape index (κ3) is 3.44. The van der Waals surface area contributed by atoms with Gasteiger partial charge in [0.1, 0.15) is 5.75 Å². The molecule has 104 valence electrons. The van der Waals surface area contributed by atoms with Gasteiger partial charge in [0, 0.05) is 24.6 Å². The second kappa shape index (κ2) is 5.09. The first-order chi connectivity index (χ1) is 8.76. The highest BCUT2D eigenvalue weighted by Gasteiger charge is 2.33. The Morgan fingerprint density at radius 2 is 2.16 bits per heavy atom. The van der Waals surface area contributed by atoms with Crippen LogP contribution in [-0.2, 0) is 15.0 Å². The summed E-state index contributed by atoms with van der Waals surface area (Å²) in [5, 5.41) is 9.38. The fourth-order valence-electron chi connectivity index (χ4n) is 2.09. The van der Waals surface area contributed by atoms with E-state index < -0.39 is 21.9 Å². The predicted octanol–water partition coefficient (Wildman–Crippen LogP) is 1.81. The van der Waals surface area contributed by atoms with Crippen molar-refractivity contribution in [2.75, 3.05) is 17.2 Å². The Morgan fingerprint density at radius 1 is 1.47 bits per heavy atom. The highest BCUT2D eigenvalue weighted by Crippen LogP contribution is 2.32. The van der Waals surface area contributed by atoms with Gasteiger partial charge >= 0.3 is 10.2 Å². The molecule has 0 bridgehead atoms. The Bertz CT molecular complexity index is 619. The summed E-state index contributed by atoms with van der Waals surface area (Å²) in [6, 6.07) is 4.52. The van der Waals surface area contributed by atoms with Crippen molar-refractivity contribution < 1.29 is 22.2 Å². The molecule has 0 aliphatic carbocycles. The number of rotatable bonds is 3. The van der Waals surface area contributed by atoms with Crippen LogP contribution in [0.15, 0.2) is 22.7 Å². The number of hydrogen-bond acceptors (Lipinski definition) is 4. The van der Waals surface area contributed by atoms with E-state index in [1.165, 1.54) is 11.0 Å². The van der Waals surface area contributed by atoms with Crippen LogP contribution < -0.4 is 4.90 Å². The van der Waals surface area contributed by atoms with Gasteiger partial charge < -0.3 is 10.0 Å². The minimum absolute atomic E-state index is 0.00163. The lowest BCUT2D eigenvalue weighted by Crippen LogP contribution is -2.25. The van der Waals surface area contributed by atoms with E-state index in [4.69, 9.17) is 0 Å². The number of benzene rings is 1. The summed E-state index contributed by atoms with van der Waals surface area (Å²) in [4.78, 5) is 13.2. The Labute approximate surface area is 118 Å². The molecular weight excluding hydrogens is 341 g/mol. The number of halogens is 2. The molecule has 1 fully saturated rings. The summed E-state index contributed by atoms with van der Waals surface area (Å²) in [6.45, 7) is 0.152. The fourth-order valence-corrected chi connectivity index (χ4v) is 3.24. The summed E-state index contributed by atoms with van der Waals surface area (Å²) in [7, 11) is -4.58. The molecule has 2 rings (SSSR count). The Hall–Kier alpha value is -1.15. The highest BCUT2D eigenvalue weighted by atomic mass is 79.9. The Balaban J connectivity index is 2.18. The Morgan fingerprint density at radius 3 is 2.74 bits per heavy atom. The lowest BCUT2D eigenvalue weighted by Gasteiger charge is -2.17. The van der Waals surface area contributed by atoms with Gasteiger partial charge in [0.2, 0.25) is 5.91 Å². The van der Waals surface area contributed by atoms with Crippen molar-refractivity contribution in [1.82, 2.24) is 0 Å². The lowest BCUT2D eigenvalue weighted by molar-refractivity contribution is -0.117. The third-order valence-corrected chi connectivity index (χ3v) is 4.39. The largest absolute Gasteiger partial charge is 0.507 e. The van der Waals surface area contributed by atoms with Crippen LogP contribution in [0.4, 0.5) is 9.57 Å². The first-order valence-corrected chi connectivity index (χ1v) is 7.82. The number of phenolic OH excluding ortho intramolecular Hbond substituents is 1. The normalized spacial score (nSPS) is 20.0. The maximum atomic E-state index is 12.6. The van der Waals surface area contributed by atoms with Gasteiger partial charge in [-0.15, -0.1) is 3.89 Å². The van der Waals surface area contributed by atoms with Gasteiger partial charge in [-0.1, -0.05) is 0 Å². The van der Waals surface area contributed by atoms with E-state index in [1.807, 2.05) is 0 Å². The molecule has 1 heterocycles. The minimum atomic E-state index is -4.58. The highest BCUT2D eigenvalue weighted by molar-refractivity contribution is 9.10. The van der Waals surface area contributed by atoms with Gasteiger partial charge in [0.15, 0.2) is 0 Å². The molecule has 1 atom stereocenters. The average Bonchev–Trinajstić information content (AvgIpc) is 2.61. The second-order valence-corrected chi connectivity index (χ2v) is 6.68. The van der Waals surface area contributed by atoms with Crippen molar-refractivity contribution in [2.45, 2.75) is 6.42 Å². The van der Waals surface area contributed by atoms with Gasteiger partial charge in [-0.25, -0.2) is 0 Å². The monoisotopic (exact) mass is 351 g/mol. The van der Waals surface area contributed by atoms with E-state index in [0.29, 0.717) is 10.2 Å². The second-order valence-electron chi connectivity index (χ2n) is 4.42. The van der Waals surface area contributed by atoms with Crippen molar-refractivity contribution >= 4 is 37.7 Å². The van der Waals surface area contributed by atoms with E-state index in [-0.39, 0.29) is 24.6 Å². The van der Waals surface area contributed by atoms with Crippen LogP contribution >= 0.6 is 15.9 Å². The predicted molar refractivity (Wildman–Crippen MR) is 71.2 cm³/mol. The molecule has 1 amide bonds. The van der Waals surface area contributed by atoms with Gasteiger partial charge in [-0.2, -0.15) is 8.42 Å². The maximum Gasteiger partial charge on any atom is 0.302 e. The van der Waals surface area contributed by atoms with Gasteiger partial charge in [-0.05, 0) is 34.1 Å². The molecule has 19 heavy (non-hydrogen) atoms. The minimum Gasteiger partial charge on any atom is -0.507 e. The smallest absolute Gasteiger partial charge is 0.302 e. The summed E-state index contributed by atoms with van der Waals surface area (Å²) in [6.07, 6.45) is 0.00163. The molecule has 1 aromatic rings. The van der Waals surface area contributed by atoms with Crippen LogP contribution in [-0.4, -0.2) is 31.7 Å². The molecule has 8 heteroatoms. The quantitative estimate of drug-likeness (QED) is 0.842. The Kier molecular flexibility index (Phi) is 3.82. The zero-order chi connectivity index (χ0) is 14.2. The van der Waals surface area contributed by atoms with Crippen LogP contribution in [0.1, 0.15) is 6.42 Å². The molecule has 5 nitrogen and oxygen atoms in total. The molecule has 0 spiro atoms. The van der Waals surface area contributed by atoms with Crippen molar-refractivity contribution in [3.8, 4) is 5.75 Å². The van der Waals surface area contributed by atoms with E-state index >= 15 is 0 Å². The van der Waals surface area contributed by atoms with Crippen LogP contribution in [0.3, 0.4) is 0 Å². The number of carbonyl (C=O) groups is 1. The topological polar surface area (TPSA) is 74.7 Å². The third-order valence-electron chi connectivity index (χ3n) is 2.88. The molecular formula is C11H11BrFNO4S. The summed E-state index contributed by atoms with van der Waals surface area (Å²) in [5.74, 6) is -1.41. The SMILES string of the molecule is O=C1CC(CS(=O)(=O)F)CN1c1ccc(O)c(Br)c1. The lowest BCUT2D eigenvalue weighted by atomic mass is 10.1. The molecule has 0 aromatic heterocycles. The van der Waals surface area contributed by atoms with Crippen molar-refractivity contribution in [3.63, 3.8) is 0 Å². The van der Waals surface area contributed by atoms with E-state index in [1.54, 1.807) is 12.1 Å². The molecule has 1 aliphatic rings. The number of aromatic hydroxyl groups is 1. The number of amides is 1. The molecule has 1 saturated heterocycles. The van der Waals surface area contributed by atoms with E-state index in [9.17, 15) is 22.2 Å². The van der Waals surface area contributed by atoms with Crippen molar-refractivity contribution in [3.05, 3.63) is 22.7 Å². The number of phenols is 1. The molecule has 0 radical (unpaired) electrons. The standard InChI is InChI=1S/C11H11BrFNO4S/c12-9-4-8(1-2-10(9)15)14-5-7(3-11(14)16)6-19(13,17)18/h1-2,4,7,15H,3,5-6H2. The summed E-state index contributed by atoms with van der Waals surface area (Å²) >= 11 is 3.13. The van der Waals surface area contributed by atoms with Crippen LogP contribution in [0.25, 0.3) is 0 Å². The molecule has 1 N–H and O–H groups in total. The summed E-state index contributed by atoms with van der Waals surface area (Å²) < 4.78 is 34.2. The van der Waals surface area contributed by atoms with E-state index in [0.717, 1.165) is 0 Å². The van der Waals surface area contributed by atoms with Gasteiger partial charge in [-0.3, -0.25) is 4.79 Å². The van der Waals surface area contributed by atoms with E-state index in [2.05, 4.69) is 15.9 Å². The maximum absolute atomic E-state index is 12.6. The molecule has 1 unspecified atom stereocenters. The summed E-state index contributed by atoms with van der Waals surface area (Å²) in [5.41, 5.74) is 0.536. The van der Waals surface area contributed by atoms with Crippen molar-refractivity contribution in [1.29, 1.82) is 0 Å². The number of anilines is 1.